The minimum absolute atomic E-state index is 0.168. The van der Waals surface area contributed by atoms with Crippen LogP contribution in [0.1, 0.15) is 48.0 Å². The molecule has 2 atom stereocenters. The molecule has 2 unspecified atom stereocenters. The van der Waals surface area contributed by atoms with Crippen molar-refractivity contribution in [1.82, 2.24) is 5.32 Å². The zero-order valence-electron chi connectivity index (χ0n) is 12.6. The fourth-order valence-corrected chi connectivity index (χ4v) is 3.32. The maximum absolute atomic E-state index is 13.5. The first kappa shape index (κ1) is 15.2. The van der Waals surface area contributed by atoms with E-state index in [1.54, 1.807) is 12.1 Å². The van der Waals surface area contributed by atoms with Crippen LogP contribution < -0.4 is 5.32 Å². The van der Waals surface area contributed by atoms with Gasteiger partial charge >= 0.3 is 0 Å². The lowest BCUT2D eigenvalue weighted by Crippen LogP contribution is -2.25. The molecule has 0 fully saturated rings. The summed E-state index contributed by atoms with van der Waals surface area (Å²) in [7, 11) is 0. The molecule has 0 radical (unpaired) electrons. The number of aryl methyl sites for hydroxylation is 1. The molecule has 1 aliphatic carbocycles. The molecule has 0 aliphatic heterocycles. The van der Waals surface area contributed by atoms with Gasteiger partial charge in [0, 0.05) is 18.7 Å². The number of benzene rings is 2. The molecule has 0 heterocycles. The monoisotopic (exact) mass is 299 g/mol. The standard InChI is InChI=1S/C19H22FNO/c20-16-10-8-14-9-11-19(17(14)13-16)21-18(7-4-12-22)15-5-2-1-3-6-15/h1-3,5-6,8,10,13,18-19,21-22H,4,7,9,11-12H2. The van der Waals surface area contributed by atoms with Crippen LogP contribution in [0.15, 0.2) is 48.5 Å². The summed E-state index contributed by atoms with van der Waals surface area (Å²) in [5.74, 6) is -0.168. The second-order valence-electron chi connectivity index (χ2n) is 5.93. The van der Waals surface area contributed by atoms with Gasteiger partial charge < -0.3 is 10.4 Å². The summed E-state index contributed by atoms with van der Waals surface area (Å²) in [4.78, 5) is 0. The van der Waals surface area contributed by atoms with Gasteiger partial charge in [-0.05, 0) is 54.5 Å². The van der Waals surface area contributed by atoms with Crippen LogP contribution in [0.4, 0.5) is 4.39 Å². The van der Waals surface area contributed by atoms with Crippen molar-refractivity contribution in [2.45, 2.75) is 37.8 Å². The normalized spacial score (nSPS) is 18.2. The molecule has 2 nitrogen and oxygen atoms in total. The summed E-state index contributed by atoms with van der Waals surface area (Å²) in [5, 5.41) is 12.8. The maximum atomic E-state index is 13.5. The average Bonchev–Trinajstić information content (AvgIpc) is 2.94. The van der Waals surface area contributed by atoms with E-state index in [4.69, 9.17) is 5.11 Å². The lowest BCUT2D eigenvalue weighted by molar-refractivity contribution is 0.271. The van der Waals surface area contributed by atoms with Gasteiger partial charge in [0.15, 0.2) is 0 Å². The molecule has 0 saturated heterocycles. The zero-order chi connectivity index (χ0) is 15.4. The largest absolute Gasteiger partial charge is 0.396 e. The maximum Gasteiger partial charge on any atom is 0.123 e. The quantitative estimate of drug-likeness (QED) is 0.847. The van der Waals surface area contributed by atoms with Gasteiger partial charge in [-0.2, -0.15) is 0 Å². The van der Waals surface area contributed by atoms with Crippen molar-refractivity contribution in [3.05, 3.63) is 71.0 Å². The second kappa shape index (κ2) is 7.03. The van der Waals surface area contributed by atoms with Crippen molar-refractivity contribution in [1.29, 1.82) is 0 Å². The smallest absolute Gasteiger partial charge is 0.123 e. The van der Waals surface area contributed by atoms with Crippen molar-refractivity contribution in [3.63, 3.8) is 0 Å². The van der Waals surface area contributed by atoms with E-state index in [1.165, 1.54) is 11.1 Å². The molecule has 0 spiro atoms. The van der Waals surface area contributed by atoms with E-state index in [9.17, 15) is 4.39 Å². The van der Waals surface area contributed by atoms with Crippen molar-refractivity contribution < 1.29 is 9.50 Å². The Bertz CT molecular complexity index is 614. The number of nitrogens with one attached hydrogen (secondary N) is 1. The van der Waals surface area contributed by atoms with Crippen molar-refractivity contribution in [2.75, 3.05) is 6.61 Å². The Kier molecular flexibility index (Phi) is 4.86. The van der Waals surface area contributed by atoms with Crippen LogP contribution in [0.2, 0.25) is 0 Å². The van der Waals surface area contributed by atoms with E-state index in [-0.39, 0.29) is 24.5 Å². The molecule has 2 aromatic rings. The Morgan fingerprint density at radius 1 is 1.18 bits per heavy atom. The van der Waals surface area contributed by atoms with E-state index in [2.05, 4.69) is 17.4 Å². The van der Waals surface area contributed by atoms with Crippen LogP contribution in [-0.2, 0) is 6.42 Å². The summed E-state index contributed by atoms with van der Waals surface area (Å²) in [6.07, 6.45) is 3.63. The molecule has 0 bridgehead atoms. The molecular formula is C19H22FNO. The highest BCUT2D eigenvalue weighted by Gasteiger charge is 2.25. The van der Waals surface area contributed by atoms with Gasteiger partial charge in [-0.15, -0.1) is 0 Å². The fourth-order valence-electron chi connectivity index (χ4n) is 3.32. The Balaban J connectivity index is 1.79. The Labute approximate surface area is 131 Å². The van der Waals surface area contributed by atoms with E-state index >= 15 is 0 Å². The number of halogens is 1. The molecule has 3 rings (SSSR count). The Morgan fingerprint density at radius 3 is 2.77 bits per heavy atom. The third-order valence-electron chi connectivity index (χ3n) is 4.44. The summed E-state index contributed by atoms with van der Waals surface area (Å²) in [6.45, 7) is 0.195. The first-order chi connectivity index (χ1) is 10.8. The second-order valence-corrected chi connectivity index (χ2v) is 5.93. The third kappa shape index (κ3) is 3.37. The molecule has 116 valence electrons. The number of rotatable bonds is 6. The lowest BCUT2D eigenvalue weighted by atomic mass is 9.99. The minimum Gasteiger partial charge on any atom is -0.396 e. The summed E-state index contributed by atoms with van der Waals surface area (Å²) in [5.41, 5.74) is 3.55. The summed E-state index contributed by atoms with van der Waals surface area (Å²) < 4.78 is 13.5. The highest BCUT2D eigenvalue weighted by atomic mass is 19.1. The molecule has 3 heteroatoms. The zero-order valence-corrected chi connectivity index (χ0v) is 12.6. The Hall–Kier alpha value is -1.71. The van der Waals surface area contributed by atoms with Crippen molar-refractivity contribution in [2.24, 2.45) is 0 Å². The van der Waals surface area contributed by atoms with Crippen molar-refractivity contribution in [3.8, 4) is 0 Å². The average molecular weight is 299 g/mol. The number of fused-ring (bicyclic) bond motifs is 1. The van der Waals surface area contributed by atoms with E-state index in [0.717, 1.165) is 31.2 Å². The first-order valence-corrected chi connectivity index (χ1v) is 7.98. The molecule has 22 heavy (non-hydrogen) atoms. The van der Waals surface area contributed by atoms with Gasteiger partial charge in [0.1, 0.15) is 5.82 Å². The molecule has 0 aromatic heterocycles. The molecule has 2 N–H and O–H groups in total. The van der Waals surface area contributed by atoms with Crippen LogP contribution in [-0.4, -0.2) is 11.7 Å². The number of hydrogen-bond acceptors (Lipinski definition) is 2. The fraction of sp³-hybridized carbons (Fsp3) is 0.368. The SMILES string of the molecule is OCCCC(NC1CCc2ccc(F)cc21)c1ccccc1. The van der Waals surface area contributed by atoms with Gasteiger partial charge in [0.2, 0.25) is 0 Å². The molecule has 2 aromatic carbocycles. The first-order valence-electron chi connectivity index (χ1n) is 7.98. The molecule has 1 aliphatic rings. The molecule has 0 amide bonds. The van der Waals surface area contributed by atoms with Gasteiger partial charge in [-0.3, -0.25) is 0 Å². The molecular weight excluding hydrogens is 277 g/mol. The van der Waals surface area contributed by atoms with Gasteiger partial charge in [0.05, 0.1) is 0 Å². The highest BCUT2D eigenvalue weighted by Crippen LogP contribution is 2.34. The van der Waals surface area contributed by atoms with Gasteiger partial charge in [-0.1, -0.05) is 36.4 Å². The van der Waals surface area contributed by atoms with Gasteiger partial charge in [0.25, 0.3) is 0 Å². The van der Waals surface area contributed by atoms with Crippen LogP contribution in [0, 0.1) is 5.82 Å². The van der Waals surface area contributed by atoms with Crippen molar-refractivity contribution >= 4 is 0 Å². The molecule has 0 saturated carbocycles. The van der Waals surface area contributed by atoms with Gasteiger partial charge in [-0.25, -0.2) is 4.39 Å². The highest BCUT2D eigenvalue weighted by molar-refractivity contribution is 5.35. The predicted molar refractivity (Wildman–Crippen MR) is 86.1 cm³/mol. The number of hydrogen-bond donors (Lipinski definition) is 2. The predicted octanol–water partition coefficient (Wildman–Crippen LogP) is 3.92. The number of aliphatic hydroxyl groups excluding tert-OH is 1. The van der Waals surface area contributed by atoms with Crippen LogP contribution in [0.5, 0.6) is 0 Å². The van der Waals surface area contributed by atoms with Crippen LogP contribution in [0.25, 0.3) is 0 Å². The Morgan fingerprint density at radius 2 is 2.00 bits per heavy atom. The minimum atomic E-state index is -0.168. The topological polar surface area (TPSA) is 32.3 Å². The van der Waals surface area contributed by atoms with E-state index < -0.39 is 0 Å². The van der Waals surface area contributed by atoms with E-state index in [1.807, 2.05) is 24.3 Å². The summed E-state index contributed by atoms with van der Waals surface area (Å²) in [6, 6.07) is 15.8. The summed E-state index contributed by atoms with van der Waals surface area (Å²) >= 11 is 0. The van der Waals surface area contributed by atoms with Crippen LogP contribution >= 0.6 is 0 Å². The number of aliphatic hydroxyl groups is 1. The van der Waals surface area contributed by atoms with E-state index in [0.29, 0.717) is 0 Å². The lowest BCUT2D eigenvalue weighted by Gasteiger charge is -2.24. The van der Waals surface area contributed by atoms with Crippen LogP contribution in [0.3, 0.4) is 0 Å². The third-order valence-corrected chi connectivity index (χ3v) is 4.44.